The summed E-state index contributed by atoms with van der Waals surface area (Å²) in [6.45, 7) is 2.35. The Morgan fingerprint density at radius 1 is 1.56 bits per heavy atom. The molecule has 1 aliphatic carbocycles. The van der Waals surface area contributed by atoms with Gasteiger partial charge in [0.1, 0.15) is 0 Å². The average molecular weight is 248 g/mol. The molecule has 1 unspecified atom stereocenters. The van der Waals surface area contributed by atoms with Crippen molar-refractivity contribution in [1.29, 1.82) is 0 Å². The molecule has 18 heavy (non-hydrogen) atoms. The SMILES string of the molecule is CC(CCN)C(=O)N[C@H]1c2ccccc2C[C@H]1O. The molecule has 0 radical (unpaired) electrons. The van der Waals surface area contributed by atoms with Gasteiger partial charge in [-0.3, -0.25) is 4.79 Å². The molecule has 1 aliphatic rings. The summed E-state index contributed by atoms with van der Waals surface area (Å²) in [4.78, 5) is 12.0. The molecule has 0 spiro atoms. The van der Waals surface area contributed by atoms with Crippen LogP contribution in [0.5, 0.6) is 0 Å². The summed E-state index contributed by atoms with van der Waals surface area (Å²) in [5, 5.41) is 13.0. The van der Waals surface area contributed by atoms with Crippen LogP contribution in [0.25, 0.3) is 0 Å². The van der Waals surface area contributed by atoms with Crippen LogP contribution in [-0.4, -0.2) is 23.7 Å². The minimum absolute atomic E-state index is 0.0406. The molecule has 0 aromatic heterocycles. The van der Waals surface area contributed by atoms with Crippen LogP contribution in [0.2, 0.25) is 0 Å². The minimum atomic E-state index is -0.531. The molecule has 0 saturated carbocycles. The van der Waals surface area contributed by atoms with Crippen molar-refractivity contribution in [2.75, 3.05) is 6.54 Å². The van der Waals surface area contributed by atoms with Crippen LogP contribution < -0.4 is 11.1 Å². The number of carbonyl (C=O) groups excluding carboxylic acids is 1. The van der Waals surface area contributed by atoms with Crippen LogP contribution in [0.4, 0.5) is 0 Å². The van der Waals surface area contributed by atoms with Crippen molar-refractivity contribution in [1.82, 2.24) is 5.32 Å². The largest absolute Gasteiger partial charge is 0.390 e. The molecule has 2 rings (SSSR count). The van der Waals surface area contributed by atoms with Crippen molar-refractivity contribution in [3.63, 3.8) is 0 Å². The zero-order chi connectivity index (χ0) is 13.1. The first kappa shape index (κ1) is 13.1. The molecule has 4 N–H and O–H groups in total. The van der Waals surface area contributed by atoms with Gasteiger partial charge in [0.25, 0.3) is 0 Å². The smallest absolute Gasteiger partial charge is 0.223 e. The standard InChI is InChI=1S/C14H20N2O2/c1-9(6-7-15)14(18)16-13-11-5-3-2-4-10(11)8-12(13)17/h2-5,9,12-13,17H,6-8,15H2,1H3,(H,16,18)/t9?,12-,13+/m1/s1. The zero-order valence-electron chi connectivity index (χ0n) is 10.6. The quantitative estimate of drug-likeness (QED) is 0.736. The molecule has 1 amide bonds. The van der Waals surface area contributed by atoms with E-state index in [1.165, 1.54) is 0 Å². The summed E-state index contributed by atoms with van der Waals surface area (Å²) in [5.74, 6) is -0.156. The van der Waals surface area contributed by atoms with Gasteiger partial charge in [0.2, 0.25) is 5.91 Å². The fourth-order valence-electron chi connectivity index (χ4n) is 2.42. The third-order valence-corrected chi connectivity index (χ3v) is 3.55. The minimum Gasteiger partial charge on any atom is -0.390 e. The summed E-state index contributed by atoms with van der Waals surface area (Å²) in [7, 11) is 0. The van der Waals surface area contributed by atoms with E-state index in [1.807, 2.05) is 31.2 Å². The Morgan fingerprint density at radius 2 is 2.28 bits per heavy atom. The maximum Gasteiger partial charge on any atom is 0.223 e. The first-order chi connectivity index (χ1) is 8.63. The van der Waals surface area contributed by atoms with Gasteiger partial charge in [0.05, 0.1) is 12.1 Å². The van der Waals surface area contributed by atoms with Crippen LogP contribution in [0.1, 0.15) is 30.5 Å². The fourth-order valence-corrected chi connectivity index (χ4v) is 2.42. The molecule has 0 aliphatic heterocycles. The Hall–Kier alpha value is -1.39. The van der Waals surface area contributed by atoms with Gasteiger partial charge in [-0.15, -0.1) is 0 Å². The topological polar surface area (TPSA) is 75.4 Å². The van der Waals surface area contributed by atoms with Crippen LogP contribution >= 0.6 is 0 Å². The number of aliphatic hydroxyl groups is 1. The molecule has 4 nitrogen and oxygen atoms in total. The summed E-state index contributed by atoms with van der Waals surface area (Å²) in [6.07, 6.45) is 0.735. The van der Waals surface area contributed by atoms with Crippen LogP contribution in [0.3, 0.4) is 0 Å². The highest BCUT2D eigenvalue weighted by molar-refractivity contribution is 5.79. The molecule has 1 aromatic carbocycles. The second kappa shape index (κ2) is 5.50. The summed E-state index contributed by atoms with van der Waals surface area (Å²) >= 11 is 0. The highest BCUT2D eigenvalue weighted by Crippen LogP contribution is 2.31. The normalized spacial score (nSPS) is 23.5. The third kappa shape index (κ3) is 2.54. The number of nitrogens with one attached hydrogen (secondary N) is 1. The number of carbonyl (C=O) groups is 1. The lowest BCUT2D eigenvalue weighted by Crippen LogP contribution is -2.37. The monoisotopic (exact) mass is 248 g/mol. The van der Waals surface area contributed by atoms with Crippen LogP contribution in [0.15, 0.2) is 24.3 Å². The lowest BCUT2D eigenvalue weighted by molar-refractivity contribution is -0.126. The molecule has 0 saturated heterocycles. The Kier molecular flexibility index (Phi) is 3.99. The molecule has 0 bridgehead atoms. The lowest BCUT2D eigenvalue weighted by Gasteiger charge is -2.20. The van der Waals surface area contributed by atoms with E-state index in [2.05, 4.69) is 5.32 Å². The molecule has 1 aromatic rings. The van der Waals surface area contributed by atoms with Crippen molar-refractivity contribution >= 4 is 5.91 Å². The molecule has 0 fully saturated rings. The highest BCUT2D eigenvalue weighted by atomic mass is 16.3. The Bertz CT molecular complexity index is 434. The van der Waals surface area contributed by atoms with Crippen molar-refractivity contribution in [2.45, 2.75) is 31.9 Å². The fraction of sp³-hybridized carbons (Fsp3) is 0.500. The molecule has 3 atom stereocenters. The van der Waals surface area contributed by atoms with Gasteiger partial charge < -0.3 is 16.2 Å². The number of hydrogen-bond acceptors (Lipinski definition) is 3. The number of hydrogen-bond donors (Lipinski definition) is 3. The van der Waals surface area contributed by atoms with Gasteiger partial charge >= 0.3 is 0 Å². The number of rotatable bonds is 4. The first-order valence-corrected chi connectivity index (χ1v) is 6.39. The Labute approximate surface area is 107 Å². The van der Waals surface area contributed by atoms with E-state index in [0.29, 0.717) is 19.4 Å². The van der Waals surface area contributed by atoms with E-state index in [9.17, 15) is 9.90 Å². The van der Waals surface area contributed by atoms with Gasteiger partial charge in [-0.1, -0.05) is 31.2 Å². The van der Waals surface area contributed by atoms with Crippen molar-refractivity contribution in [3.05, 3.63) is 35.4 Å². The number of benzene rings is 1. The highest BCUT2D eigenvalue weighted by Gasteiger charge is 2.32. The van der Waals surface area contributed by atoms with Gasteiger partial charge in [-0.05, 0) is 24.1 Å². The average Bonchev–Trinajstić information content (AvgIpc) is 2.66. The van der Waals surface area contributed by atoms with Crippen LogP contribution in [0, 0.1) is 5.92 Å². The molecule has 98 valence electrons. The van der Waals surface area contributed by atoms with Crippen molar-refractivity contribution < 1.29 is 9.90 Å². The molecule has 4 heteroatoms. The number of nitrogens with two attached hydrogens (primary N) is 1. The summed E-state index contributed by atoms with van der Waals surface area (Å²) in [5.41, 5.74) is 7.59. The predicted molar refractivity (Wildman–Crippen MR) is 69.9 cm³/mol. The molecule has 0 heterocycles. The first-order valence-electron chi connectivity index (χ1n) is 6.39. The Balaban J connectivity index is 2.08. The second-order valence-corrected chi connectivity index (χ2v) is 4.93. The maximum absolute atomic E-state index is 12.0. The van der Waals surface area contributed by atoms with Crippen molar-refractivity contribution in [2.24, 2.45) is 11.7 Å². The van der Waals surface area contributed by atoms with E-state index in [4.69, 9.17) is 5.73 Å². The van der Waals surface area contributed by atoms with Gasteiger partial charge in [0.15, 0.2) is 0 Å². The molecular formula is C14H20N2O2. The summed E-state index contributed by atoms with van der Waals surface area (Å²) < 4.78 is 0. The second-order valence-electron chi connectivity index (χ2n) is 4.93. The third-order valence-electron chi connectivity index (χ3n) is 3.55. The van der Waals surface area contributed by atoms with E-state index >= 15 is 0 Å². The van der Waals surface area contributed by atoms with E-state index in [0.717, 1.165) is 11.1 Å². The number of fused-ring (bicyclic) bond motifs is 1. The van der Waals surface area contributed by atoms with E-state index in [1.54, 1.807) is 0 Å². The molecular weight excluding hydrogens is 228 g/mol. The van der Waals surface area contributed by atoms with Gasteiger partial charge in [-0.2, -0.15) is 0 Å². The van der Waals surface area contributed by atoms with E-state index < -0.39 is 6.10 Å². The lowest BCUT2D eigenvalue weighted by atomic mass is 10.0. The maximum atomic E-state index is 12.0. The van der Waals surface area contributed by atoms with E-state index in [-0.39, 0.29) is 17.9 Å². The number of aliphatic hydroxyl groups excluding tert-OH is 1. The van der Waals surface area contributed by atoms with Gasteiger partial charge in [0, 0.05) is 12.3 Å². The zero-order valence-corrected chi connectivity index (χ0v) is 10.6. The number of amides is 1. The summed E-state index contributed by atoms with van der Waals surface area (Å²) in [6, 6.07) is 7.55. The predicted octanol–water partition coefficient (Wildman–Crippen LogP) is 0.746. The Morgan fingerprint density at radius 3 is 3.00 bits per heavy atom. The van der Waals surface area contributed by atoms with Gasteiger partial charge in [-0.25, -0.2) is 0 Å². The van der Waals surface area contributed by atoms with Crippen LogP contribution in [-0.2, 0) is 11.2 Å². The van der Waals surface area contributed by atoms with Crippen molar-refractivity contribution in [3.8, 4) is 0 Å².